The molecule has 0 radical (unpaired) electrons. The molecule has 0 bridgehead atoms. The maximum absolute atomic E-state index is 9.11. The minimum absolute atomic E-state index is 0.304. The Morgan fingerprint density at radius 3 is 2.80 bits per heavy atom. The van der Waals surface area contributed by atoms with Gasteiger partial charge in [-0.05, 0) is 36.6 Å². The lowest BCUT2D eigenvalue weighted by molar-refractivity contribution is 0.0924. The maximum atomic E-state index is 9.11. The fraction of sp³-hybridized carbons (Fsp3) is 0.500. The maximum Gasteiger partial charge on any atom is 0.115 e. The Hall–Kier alpha value is -1.06. The van der Waals surface area contributed by atoms with Crippen molar-refractivity contribution in [3.05, 3.63) is 29.8 Å². The number of benzene rings is 1. The van der Waals surface area contributed by atoms with Gasteiger partial charge in [0, 0.05) is 6.54 Å². The molecule has 2 N–H and O–H groups in total. The van der Waals surface area contributed by atoms with Crippen LogP contribution in [0, 0.1) is 5.92 Å². The van der Waals surface area contributed by atoms with Crippen LogP contribution in [0.2, 0.25) is 0 Å². The number of rotatable bonds is 4. The van der Waals surface area contributed by atoms with E-state index in [1.807, 2.05) is 12.1 Å². The third kappa shape index (κ3) is 3.22. The number of nitrogens with one attached hydrogen (secondary N) is 1. The van der Waals surface area contributed by atoms with Gasteiger partial charge in [-0.25, -0.2) is 0 Å². The van der Waals surface area contributed by atoms with E-state index in [0.29, 0.717) is 18.3 Å². The minimum Gasteiger partial charge on any atom is -0.508 e. The van der Waals surface area contributed by atoms with Gasteiger partial charge in [0.25, 0.3) is 0 Å². The summed E-state index contributed by atoms with van der Waals surface area (Å²) in [5.41, 5.74) is 1.11. The van der Waals surface area contributed by atoms with Gasteiger partial charge in [-0.15, -0.1) is 0 Å². The molecule has 3 nitrogen and oxygen atoms in total. The van der Waals surface area contributed by atoms with Gasteiger partial charge in [-0.3, -0.25) is 0 Å². The molecule has 1 aromatic rings. The van der Waals surface area contributed by atoms with E-state index in [2.05, 4.69) is 5.32 Å². The molecule has 1 saturated heterocycles. The van der Waals surface area contributed by atoms with Crippen molar-refractivity contribution in [2.24, 2.45) is 5.92 Å². The predicted octanol–water partition coefficient (Wildman–Crippen LogP) is 1.52. The van der Waals surface area contributed by atoms with Gasteiger partial charge in [0.05, 0.1) is 13.2 Å². The summed E-state index contributed by atoms with van der Waals surface area (Å²) >= 11 is 0. The lowest BCUT2D eigenvalue weighted by atomic mass is 10.1. The van der Waals surface area contributed by atoms with E-state index in [9.17, 15) is 0 Å². The summed E-state index contributed by atoms with van der Waals surface area (Å²) in [7, 11) is 0. The van der Waals surface area contributed by atoms with E-state index in [-0.39, 0.29) is 0 Å². The molecule has 3 heteroatoms. The second-order valence-electron chi connectivity index (χ2n) is 4.04. The second-order valence-corrected chi connectivity index (χ2v) is 4.04. The minimum atomic E-state index is 0.304. The fourth-order valence-corrected chi connectivity index (χ4v) is 1.79. The molecule has 1 aliphatic heterocycles. The standard InChI is InChI=1S/C12H17NO2/c14-12-3-1-10(2-4-12)8-15-9-11-5-6-13-7-11/h1-4,11,13-14H,5-9H2. The lowest BCUT2D eigenvalue weighted by Crippen LogP contribution is -2.13. The summed E-state index contributed by atoms with van der Waals surface area (Å²) in [4.78, 5) is 0. The van der Waals surface area contributed by atoms with Crippen molar-refractivity contribution in [3.63, 3.8) is 0 Å². The zero-order valence-electron chi connectivity index (χ0n) is 8.78. The molecule has 1 heterocycles. The molecule has 82 valence electrons. The van der Waals surface area contributed by atoms with E-state index in [1.54, 1.807) is 12.1 Å². The number of ether oxygens (including phenoxy) is 1. The van der Waals surface area contributed by atoms with E-state index in [4.69, 9.17) is 9.84 Å². The van der Waals surface area contributed by atoms with Gasteiger partial charge >= 0.3 is 0 Å². The van der Waals surface area contributed by atoms with Crippen LogP contribution in [0.15, 0.2) is 24.3 Å². The van der Waals surface area contributed by atoms with E-state index in [0.717, 1.165) is 25.3 Å². The van der Waals surface area contributed by atoms with Crippen molar-refractivity contribution >= 4 is 0 Å². The van der Waals surface area contributed by atoms with Crippen LogP contribution >= 0.6 is 0 Å². The molecular weight excluding hydrogens is 190 g/mol. The second kappa shape index (κ2) is 5.14. The first-order chi connectivity index (χ1) is 7.34. The Morgan fingerprint density at radius 1 is 1.33 bits per heavy atom. The Morgan fingerprint density at radius 2 is 2.13 bits per heavy atom. The van der Waals surface area contributed by atoms with E-state index in [1.165, 1.54) is 6.42 Å². The molecule has 0 spiro atoms. The van der Waals surface area contributed by atoms with Crippen molar-refractivity contribution < 1.29 is 9.84 Å². The Labute approximate surface area is 90.1 Å². The fourth-order valence-electron chi connectivity index (χ4n) is 1.79. The smallest absolute Gasteiger partial charge is 0.115 e. The molecule has 1 atom stereocenters. The van der Waals surface area contributed by atoms with Crippen LogP contribution in [-0.2, 0) is 11.3 Å². The Bertz CT molecular complexity index is 291. The zero-order valence-corrected chi connectivity index (χ0v) is 8.78. The molecule has 2 rings (SSSR count). The summed E-state index contributed by atoms with van der Waals surface area (Å²) in [6, 6.07) is 7.16. The van der Waals surface area contributed by atoms with Crippen LogP contribution in [-0.4, -0.2) is 24.8 Å². The topological polar surface area (TPSA) is 41.5 Å². The third-order valence-electron chi connectivity index (χ3n) is 2.72. The highest BCUT2D eigenvalue weighted by Gasteiger charge is 2.13. The van der Waals surface area contributed by atoms with Gasteiger partial charge in [0.2, 0.25) is 0 Å². The van der Waals surface area contributed by atoms with Gasteiger partial charge in [-0.1, -0.05) is 12.1 Å². The summed E-state index contributed by atoms with van der Waals surface area (Å²) in [6.07, 6.45) is 1.22. The average Bonchev–Trinajstić information content (AvgIpc) is 2.74. The molecule has 0 saturated carbocycles. The number of phenolic OH excluding ortho intramolecular Hbond substituents is 1. The summed E-state index contributed by atoms with van der Waals surface area (Å²) in [6.45, 7) is 3.66. The van der Waals surface area contributed by atoms with Gasteiger partial charge in [0.1, 0.15) is 5.75 Å². The summed E-state index contributed by atoms with van der Waals surface area (Å²) in [5, 5.41) is 12.4. The monoisotopic (exact) mass is 207 g/mol. The first kappa shape index (κ1) is 10.5. The Balaban J connectivity index is 1.71. The molecular formula is C12H17NO2. The number of hydrogen-bond acceptors (Lipinski definition) is 3. The van der Waals surface area contributed by atoms with Crippen molar-refractivity contribution in [2.75, 3.05) is 19.7 Å². The van der Waals surface area contributed by atoms with Gasteiger partial charge in [-0.2, -0.15) is 0 Å². The lowest BCUT2D eigenvalue weighted by Gasteiger charge is -2.09. The van der Waals surface area contributed by atoms with Gasteiger partial charge < -0.3 is 15.2 Å². The highest BCUT2D eigenvalue weighted by molar-refractivity contribution is 5.25. The van der Waals surface area contributed by atoms with Crippen LogP contribution in [0.1, 0.15) is 12.0 Å². The summed E-state index contributed by atoms with van der Waals surface area (Å²) in [5.74, 6) is 0.973. The van der Waals surface area contributed by atoms with Crippen LogP contribution < -0.4 is 5.32 Å². The van der Waals surface area contributed by atoms with Crippen molar-refractivity contribution in [1.29, 1.82) is 0 Å². The van der Waals surface area contributed by atoms with Crippen LogP contribution in [0.3, 0.4) is 0 Å². The highest BCUT2D eigenvalue weighted by Crippen LogP contribution is 2.12. The molecule has 0 aromatic heterocycles. The van der Waals surface area contributed by atoms with E-state index >= 15 is 0 Å². The predicted molar refractivity (Wildman–Crippen MR) is 58.7 cm³/mol. The van der Waals surface area contributed by atoms with Crippen molar-refractivity contribution in [2.45, 2.75) is 13.0 Å². The zero-order chi connectivity index (χ0) is 10.5. The number of aromatic hydroxyl groups is 1. The number of hydrogen-bond donors (Lipinski definition) is 2. The normalized spacial score (nSPS) is 20.7. The van der Waals surface area contributed by atoms with Crippen molar-refractivity contribution in [1.82, 2.24) is 5.32 Å². The largest absolute Gasteiger partial charge is 0.508 e. The van der Waals surface area contributed by atoms with Gasteiger partial charge in [0.15, 0.2) is 0 Å². The first-order valence-electron chi connectivity index (χ1n) is 5.41. The average molecular weight is 207 g/mol. The molecule has 1 aliphatic rings. The highest BCUT2D eigenvalue weighted by atomic mass is 16.5. The van der Waals surface area contributed by atoms with Crippen molar-refractivity contribution in [3.8, 4) is 5.75 Å². The molecule has 0 aliphatic carbocycles. The first-order valence-corrected chi connectivity index (χ1v) is 5.41. The van der Waals surface area contributed by atoms with Crippen LogP contribution in [0.4, 0.5) is 0 Å². The molecule has 0 amide bonds. The van der Waals surface area contributed by atoms with Crippen LogP contribution in [0.25, 0.3) is 0 Å². The molecule has 1 aromatic carbocycles. The third-order valence-corrected chi connectivity index (χ3v) is 2.72. The molecule has 1 fully saturated rings. The SMILES string of the molecule is Oc1ccc(COCC2CCNC2)cc1. The number of phenols is 1. The van der Waals surface area contributed by atoms with Crippen LogP contribution in [0.5, 0.6) is 5.75 Å². The Kier molecular flexibility index (Phi) is 3.59. The quantitative estimate of drug-likeness (QED) is 0.786. The van der Waals surface area contributed by atoms with E-state index < -0.39 is 0 Å². The molecule has 1 unspecified atom stereocenters. The molecule has 15 heavy (non-hydrogen) atoms. The summed E-state index contributed by atoms with van der Waals surface area (Å²) < 4.78 is 5.62.